The molecule has 0 aliphatic carbocycles. The minimum Gasteiger partial charge on any atom is -0.481 e. The van der Waals surface area contributed by atoms with Gasteiger partial charge in [0.15, 0.2) is 6.29 Å². The number of carboxylic acids is 1. The Morgan fingerprint density at radius 3 is 1.73 bits per heavy atom. The van der Waals surface area contributed by atoms with E-state index in [1.165, 1.54) is 0 Å². The number of carbonyl (C=O) groups excluding carboxylic acids is 1. The zero-order chi connectivity index (χ0) is 28.0. The quantitative estimate of drug-likeness (QED) is 0.241. The smallest absolute Gasteiger partial charge is 0.410 e. The van der Waals surface area contributed by atoms with Crippen LogP contribution in [0.1, 0.15) is 29.2 Å². The first kappa shape index (κ1) is 26.6. The molecule has 0 saturated heterocycles. The standard InChI is InChI=1S/C33H31N3O4/c1-24(30(37)38)29-22-34-31(35-32(39)40-23-25-14-6-2-7-15-25)36(29)33(26-16-8-3-9-17-26,27-18-10-4-11-19-27)28-20-12-5-13-21-28/h2-22,24,31,34H,23H2,1H3,(H,35,39)(H,37,38). The van der Waals surface area contributed by atoms with Gasteiger partial charge in [-0.1, -0.05) is 121 Å². The molecule has 0 spiro atoms. The van der Waals surface area contributed by atoms with Gasteiger partial charge >= 0.3 is 12.1 Å². The molecule has 3 N–H and O–H groups in total. The number of hydrogen-bond donors (Lipinski definition) is 3. The highest BCUT2D eigenvalue weighted by Crippen LogP contribution is 2.47. The van der Waals surface area contributed by atoms with Crippen LogP contribution >= 0.6 is 0 Å². The number of alkyl carbamates (subject to hydrolysis) is 1. The van der Waals surface area contributed by atoms with Gasteiger partial charge in [-0.25, -0.2) is 4.79 Å². The number of nitrogens with one attached hydrogen (secondary N) is 2. The van der Waals surface area contributed by atoms with Crippen molar-refractivity contribution in [3.05, 3.63) is 155 Å². The number of carbonyl (C=O) groups is 2. The normalized spacial score (nSPS) is 15.5. The van der Waals surface area contributed by atoms with Crippen molar-refractivity contribution in [2.45, 2.75) is 25.4 Å². The monoisotopic (exact) mass is 533 g/mol. The average Bonchev–Trinajstić information content (AvgIpc) is 3.41. The van der Waals surface area contributed by atoms with Crippen molar-refractivity contribution < 1.29 is 19.4 Å². The molecule has 1 amide bonds. The van der Waals surface area contributed by atoms with Crippen molar-refractivity contribution in [1.82, 2.24) is 15.5 Å². The summed E-state index contributed by atoms with van der Waals surface area (Å²) in [5.41, 5.74) is 3.08. The van der Waals surface area contributed by atoms with Gasteiger partial charge < -0.3 is 20.1 Å². The maximum absolute atomic E-state index is 13.1. The number of benzene rings is 4. The molecule has 0 aromatic heterocycles. The van der Waals surface area contributed by atoms with E-state index in [9.17, 15) is 14.7 Å². The van der Waals surface area contributed by atoms with Crippen LogP contribution in [-0.4, -0.2) is 28.4 Å². The Morgan fingerprint density at radius 2 is 1.27 bits per heavy atom. The predicted molar refractivity (Wildman–Crippen MR) is 153 cm³/mol. The van der Waals surface area contributed by atoms with Gasteiger partial charge in [0.05, 0.1) is 5.92 Å². The Morgan fingerprint density at radius 1 is 0.825 bits per heavy atom. The third-order valence-electron chi connectivity index (χ3n) is 7.14. The number of carboxylic acid groups (broad SMARTS) is 1. The number of amides is 1. The van der Waals surface area contributed by atoms with E-state index < -0.39 is 29.8 Å². The van der Waals surface area contributed by atoms with Crippen LogP contribution in [0.15, 0.2) is 133 Å². The molecular formula is C33H31N3O4. The van der Waals surface area contributed by atoms with Crippen LogP contribution in [0.25, 0.3) is 0 Å². The molecule has 0 fully saturated rings. The van der Waals surface area contributed by atoms with Crippen molar-refractivity contribution in [2.24, 2.45) is 5.92 Å². The SMILES string of the molecule is CC(C(=O)O)C1=CNC(NC(=O)OCc2ccccc2)N1C(c1ccccc1)(c1ccccc1)c1ccccc1. The fourth-order valence-electron chi connectivity index (χ4n) is 5.24. The van der Waals surface area contributed by atoms with Crippen LogP contribution in [-0.2, 0) is 21.7 Å². The Hall–Kier alpha value is -5.04. The van der Waals surface area contributed by atoms with Crippen molar-refractivity contribution >= 4 is 12.1 Å². The van der Waals surface area contributed by atoms with E-state index in [0.29, 0.717) is 5.70 Å². The summed E-state index contributed by atoms with van der Waals surface area (Å²) in [6.07, 6.45) is 0.220. The van der Waals surface area contributed by atoms with Gasteiger partial charge in [0.2, 0.25) is 0 Å². The number of nitrogens with zero attached hydrogens (tertiary/aromatic N) is 1. The Bertz CT molecular complexity index is 1360. The summed E-state index contributed by atoms with van der Waals surface area (Å²) in [7, 11) is 0. The van der Waals surface area contributed by atoms with Gasteiger partial charge in [-0.2, -0.15) is 0 Å². The second kappa shape index (κ2) is 11.8. The number of rotatable bonds is 9. The third-order valence-corrected chi connectivity index (χ3v) is 7.14. The Balaban J connectivity index is 1.65. The predicted octanol–water partition coefficient (Wildman–Crippen LogP) is 5.66. The third kappa shape index (κ3) is 5.14. The van der Waals surface area contributed by atoms with Gasteiger partial charge in [0.25, 0.3) is 0 Å². The molecule has 0 saturated carbocycles. The number of hydrogen-bond acceptors (Lipinski definition) is 5. The van der Waals surface area contributed by atoms with E-state index in [4.69, 9.17) is 4.74 Å². The van der Waals surface area contributed by atoms with Crippen LogP contribution in [0.2, 0.25) is 0 Å². The highest BCUT2D eigenvalue weighted by atomic mass is 16.5. The maximum Gasteiger partial charge on any atom is 0.410 e. The Kier molecular flexibility index (Phi) is 7.82. The number of aliphatic carboxylic acids is 1. The van der Waals surface area contributed by atoms with E-state index in [2.05, 4.69) is 10.6 Å². The van der Waals surface area contributed by atoms with Gasteiger partial charge in [0, 0.05) is 11.9 Å². The first-order chi connectivity index (χ1) is 19.5. The lowest BCUT2D eigenvalue weighted by Gasteiger charge is -2.49. The zero-order valence-corrected chi connectivity index (χ0v) is 22.1. The van der Waals surface area contributed by atoms with Gasteiger partial charge in [-0.05, 0) is 29.2 Å². The molecule has 4 aromatic carbocycles. The largest absolute Gasteiger partial charge is 0.481 e. The molecule has 7 nitrogen and oxygen atoms in total. The van der Waals surface area contributed by atoms with Crippen LogP contribution in [0.3, 0.4) is 0 Å². The summed E-state index contributed by atoms with van der Waals surface area (Å²) in [5.74, 6) is -1.86. The summed E-state index contributed by atoms with van der Waals surface area (Å²) in [6, 6.07) is 39.1. The minimum absolute atomic E-state index is 0.104. The van der Waals surface area contributed by atoms with Crippen LogP contribution in [0.4, 0.5) is 4.79 Å². The van der Waals surface area contributed by atoms with Crippen molar-refractivity contribution in [3.63, 3.8) is 0 Å². The van der Waals surface area contributed by atoms with Crippen LogP contribution in [0, 0.1) is 5.92 Å². The lowest BCUT2D eigenvalue weighted by atomic mass is 9.75. The van der Waals surface area contributed by atoms with E-state index in [1.54, 1.807) is 13.1 Å². The zero-order valence-electron chi connectivity index (χ0n) is 22.1. The summed E-state index contributed by atoms with van der Waals surface area (Å²) < 4.78 is 5.56. The minimum atomic E-state index is -1.01. The second-order valence-electron chi connectivity index (χ2n) is 9.58. The van der Waals surface area contributed by atoms with E-state index >= 15 is 0 Å². The summed E-state index contributed by atoms with van der Waals surface area (Å²) in [5, 5.41) is 16.3. The second-order valence-corrected chi connectivity index (χ2v) is 9.58. The molecule has 202 valence electrons. The van der Waals surface area contributed by atoms with E-state index in [-0.39, 0.29) is 6.61 Å². The van der Waals surface area contributed by atoms with E-state index in [1.807, 2.05) is 126 Å². The molecule has 1 aliphatic rings. The van der Waals surface area contributed by atoms with Crippen LogP contribution < -0.4 is 10.6 Å². The summed E-state index contributed by atoms with van der Waals surface area (Å²) >= 11 is 0. The molecule has 1 heterocycles. The Labute approximate surface area is 233 Å². The maximum atomic E-state index is 13.1. The molecule has 5 rings (SSSR count). The highest BCUT2D eigenvalue weighted by molar-refractivity contribution is 5.74. The van der Waals surface area contributed by atoms with Crippen molar-refractivity contribution in [2.75, 3.05) is 0 Å². The summed E-state index contributed by atoms with van der Waals surface area (Å²) in [4.78, 5) is 27.4. The molecule has 7 heteroatoms. The lowest BCUT2D eigenvalue weighted by molar-refractivity contribution is -0.140. The van der Waals surface area contributed by atoms with Crippen molar-refractivity contribution in [1.29, 1.82) is 0 Å². The van der Waals surface area contributed by atoms with Crippen LogP contribution in [0.5, 0.6) is 0 Å². The van der Waals surface area contributed by atoms with Gasteiger partial charge in [-0.15, -0.1) is 0 Å². The van der Waals surface area contributed by atoms with Crippen molar-refractivity contribution in [3.8, 4) is 0 Å². The molecule has 4 aromatic rings. The highest BCUT2D eigenvalue weighted by Gasteiger charge is 2.50. The molecule has 0 bridgehead atoms. The molecule has 1 aliphatic heterocycles. The first-order valence-electron chi connectivity index (χ1n) is 13.1. The average molecular weight is 534 g/mol. The molecule has 40 heavy (non-hydrogen) atoms. The fraction of sp³-hybridized carbons (Fsp3) is 0.152. The molecular weight excluding hydrogens is 502 g/mol. The first-order valence-corrected chi connectivity index (χ1v) is 13.1. The molecule has 0 radical (unpaired) electrons. The van der Waals surface area contributed by atoms with E-state index in [0.717, 1.165) is 22.3 Å². The lowest BCUT2D eigenvalue weighted by Crippen LogP contribution is -2.60. The van der Waals surface area contributed by atoms with Gasteiger partial charge in [-0.3, -0.25) is 10.1 Å². The summed E-state index contributed by atoms with van der Waals surface area (Å²) in [6.45, 7) is 1.75. The molecule has 2 unspecified atom stereocenters. The number of ether oxygens (including phenoxy) is 1. The topological polar surface area (TPSA) is 90.9 Å². The fourth-order valence-corrected chi connectivity index (χ4v) is 5.24. The molecule has 2 atom stereocenters. The van der Waals surface area contributed by atoms with Gasteiger partial charge in [0.1, 0.15) is 12.1 Å².